The first-order chi connectivity index (χ1) is 8.75. The van der Waals surface area contributed by atoms with E-state index < -0.39 is 0 Å². The number of hydrogen-bond donors (Lipinski definition) is 1. The van der Waals surface area contributed by atoms with Crippen LogP contribution in [0.5, 0.6) is 0 Å². The van der Waals surface area contributed by atoms with Crippen molar-refractivity contribution in [1.29, 1.82) is 0 Å². The second-order valence-corrected chi connectivity index (χ2v) is 4.63. The number of ether oxygens (including phenoxy) is 1. The summed E-state index contributed by atoms with van der Waals surface area (Å²) in [4.78, 5) is 10.1. The fourth-order valence-electron chi connectivity index (χ4n) is 2.11. The van der Waals surface area contributed by atoms with Gasteiger partial charge in [0, 0.05) is 18.7 Å². The highest BCUT2D eigenvalue weighted by Gasteiger charge is 2.12. The molecule has 1 saturated heterocycles. The van der Waals surface area contributed by atoms with E-state index in [1.807, 2.05) is 0 Å². The molecule has 0 spiro atoms. The van der Waals surface area contributed by atoms with Crippen molar-refractivity contribution >= 4 is 5.69 Å². The molecule has 1 N–H and O–H groups in total. The summed E-state index contributed by atoms with van der Waals surface area (Å²) in [6, 6.07) is 6.54. The van der Waals surface area contributed by atoms with Gasteiger partial charge in [0.25, 0.3) is 5.69 Å². The molecule has 0 unspecified atom stereocenters. The van der Waals surface area contributed by atoms with Crippen LogP contribution in [0.15, 0.2) is 24.3 Å². The lowest BCUT2D eigenvalue weighted by atomic mass is 9.99. The third-order valence-corrected chi connectivity index (χ3v) is 3.23. The summed E-state index contributed by atoms with van der Waals surface area (Å²) in [5, 5.41) is 13.8. The van der Waals surface area contributed by atoms with Crippen molar-refractivity contribution in [1.82, 2.24) is 5.32 Å². The Labute approximate surface area is 106 Å². The molecule has 18 heavy (non-hydrogen) atoms. The summed E-state index contributed by atoms with van der Waals surface area (Å²) >= 11 is 0. The van der Waals surface area contributed by atoms with Crippen molar-refractivity contribution in [3.63, 3.8) is 0 Å². The van der Waals surface area contributed by atoms with Gasteiger partial charge in [-0.25, -0.2) is 0 Å². The summed E-state index contributed by atoms with van der Waals surface area (Å²) < 4.78 is 5.66. The van der Waals surface area contributed by atoms with Gasteiger partial charge in [-0.1, -0.05) is 0 Å². The summed E-state index contributed by atoms with van der Waals surface area (Å²) in [6.07, 6.45) is 2.33. The molecule has 1 aliphatic heterocycles. The Kier molecular flexibility index (Phi) is 4.66. The summed E-state index contributed by atoms with van der Waals surface area (Å²) in [5.41, 5.74) is 1.10. The van der Waals surface area contributed by atoms with Crippen LogP contribution in [0.2, 0.25) is 0 Å². The molecule has 1 aromatic rings. The molecule has 2 rings (SSSR count). The smallest absolute Gasteiger partial charge is 0.269 e. The van der Waals surface area contributed by atoms with E-state index in [-0.39, 0.29) is 10.6 Å². The zero-order chi connectivity index (χ0) is 12.8. The topological polar surface area (TPSA) is 64.4 Å². The number of piperidine rings is 1. The quantitative estimate of drug-likeness (QED) is 0.642. The van der Waals surface area contributed by atoms with Crippen LogP contribution in [-0.2, 0) is 11.3 Å². The second-order valence-electron chi connectivity index (χ2n) is 4.63. The third kappa shape index (κ3) is 3.78. The van der Waals surface area contributed by atoms with Crippen molar-refractivity contribution < 1.29 is 9.66 Å². The van der Waals surface area contributed by atoms with Crippen LogP contribution in [0.4, 0.5) is 5.69 Å². The maximum absolute atomic E-state index is 10.5. The molecule has 0 radical (unpaired) electrons. The van der Waals surface area contributed by atoms with Crippen LogP contribution < -0.4 is 5.32 Å². The van der Waals surface area contributed by atoms with Crippen molar-refractivity contribution in [3.05, 3.63) is 39.9 Å². The fraction of sp³-hybridized carbons (Fsp3) is 0.538. The molecule has 0 amide bonds. The molecule has 1 aliphatic rings. The molecule has 0 atom stereocenters. The van der Waals surface area contributed by atoms with E-state index in [0.717, 1.165) is 25.3 Å². The number of nitro benzene ring substituents is 1. The molecule has 0 saturated carbocycles. The molecular weight excluding hydrogens is 232 g/mol. The van der Waals surface area contributed by atoms with E-state index in [0.29, 0.717) is 12.5 Å². The van der Waals surface area contributed by atoms with Gasteiger partial charge in [-0.2, -0.15) is 0 Å². The average Bonchev–Trinajstić information content (AvgIpc) is 2.40. The maximum atomic E-state index is 10.5. The van der Waals surface area contributed by atoms with Gasteiger partial charge in [0.1, 0.15) is 0 Å². The summed E-state index contributed by atoms with van der Waals surface area (Å²) in [6.45, 7) is 3.46. The molecular formula is C13H18N2O3. The second kappa shape index (κ2) is 6.47. The van der Waals surface area contributed by atoms with Crippen LogP contribution in [0, 0.1) is 16.0 Å². The predicted octanol–water partition coefficient (Wildman–Crippen LogP) is 2.11. The number of nitro groups is 1. The van der Waals surface area contributed by atoms with E-state index in [2.05, 4.69) is 5.32 Å². The van der Waals surface area contributed by atoms with Gasteiger partial charge in [0.2, 0.25) is 0 Å². The number of rotatable bonds is 5. The molecule has 0 aliphatic carbocycles. The van der Waals surface area contributed by atoms with Gasteiger partial charge in [-0.05, 0) is 49.5 Å². The highest BCUT2D eigenvalue weighted by molar-refractivity contribution is 5.32. The number of nitrogens with zero attached hydrogens (tertiary/aromatic N) is 1. The van der Waals surface area contributed by atoms with Gasteiger partial charge in [-0.3, -0.25) is 10.1 Å². The molecule has 0 aromatic heterocycles. The third-order valence-electron chi connectivity index (χ3n) is 3.23. The Morgan fingerprint density at radius 3 is 2.56 bits per heavy atom. The fourth-order valence-corrected chi connectivity index (χ4v) is 2.11. The normalized spacial score (nSPS) is 16.7. The van der Waals surface area contributed by atoms with Crippen LogP contribution in [0.1, 0.15) is 18.4 Å². The van der Waals surface area contributed by atoms with Crippen LogP contribution in [0.3, 0.4) is 0 Å². The average molecular weight is 250 g/mol. The lowest BCUT2D eigenvalue weighted by Gasteiger charge is -2.22. The van der Waals surface area contributed by atoms with E-state index >= 15 is 0 Å². The minimum Gasteiger partial charge on any atom is -0.376 e. The van der Waals surface area contributed by atoms with E-state index in [1.165, 1.54) is 25.0 Å². The maximum Gasteiger partial charge on any atom is 0.269 e. The Morgan fingerprint density at radius 1 is 1.28 bits per heavy atom. The Balaban J connectivity index is 1.74. The van der Waals surface area contributed by atoms with Crippen molar-refractivity contribution in [3.8, 4) is 0 Å². The van der Waals surface area contributed by atoms with E-state index in [9.17, 15) is 10.1 Å². The van der Waals surface area contributed by atoms with Gasteiger partial charge >= 0.3 is 0 Å². The highest BCUT2D eigenvalue weighted by atomic mass is 16.6. The van der Waals surface area contributed by atoms with Crippen molar-refractivity contribution in [2.75, 3.05) is 19.7 Å². The van der Waals surface area contributed by atoms with E-state index in [4.69, 9.17) is 4.74 Å². The number of nitrogens with one attached hydrogen (secondary N) is 1. The number of benzene rings is 1. The first kappa shape index (κ1) is 13.0. The number of hydrogen-bond acceptors (Lipinski definition) is 4. The predicted molar refractivity (Wildman–Crippen MR) is 68.3 cm³/mol. The molecule has 98 valence electrons. The monoisotopic (exact) mass is 250 g/mol. The lowest BCUT2D eigenvalue weighted by molar-refractivity contribution is -0.384. The molecule has 1 heterocycles. The Morgan fingerprint density at radius 2 is 1.94 bits per heavy atom. The van der Waals surface area contributed by atoms with Crippen molar-refractivity contribution in [2.24, 2.45) is 5.92 Å². The van der Waals surface area contributed by atoms with E-state index in [1.54, 1.807) is 12.1 Å². The molecule has 0 bridgehead atoms. The molecule has 5 heteroatoms. The first-order valence-corrected chi connectivity index (χ1v) is 6.27. The van der Waals surface area contributed by atoms with Gasteiger partial charge in [0.05, 0.1) is 11.5 Å². The van der Waals surface area contributed by atoms with Crippen LogP contribution in [0.25, 0.3) is 0 Å². The standard InChI is InChI=1S/C13H18N2O3/c16-15(17)13-3-1-11(2-4-13)9-18-10-12-5-7-14-8-6-12/h1-4,12,14H,5-10H2. The molecule has 1 aromatic carbocycles. The van der Waals surface area contributed by atoms with Crippen LogP contribution >= 0.6 is 0 Å². The highest BCUT2D eigenvalue weighted by Crippen LogP contribution is 2.15. The minimum absolute atomic E-state index is 0.122. The van der Waals surface area contributed by atoms with Gasteiger partial charge < -0.3 is 10.1 Å². The zero-order valence-corrected chi connectivity index (χ0v) is 10.3. The number of non-ortho nitro benzene ring substituents is 1. The SMILES string of the molecule is O=[N+]([O-])c1ccc(COCC2CCNCC2)cc1. The largest absolute Gasteiger partial charge is 0.376 e. The summed E-state index contributed by atoms with van der Waals surface area (Å²) in [5.74, 6) is 0.643. The van der Waals surface area contributed by atoms with Crippen molar-refractivity contribution in [2.45, 2.75) is 19.4 Å². The minimum atomic E-state index is -0.389. The van der Waals surface area contributed by atoms with Gasteiger partial charge in [-0.15, -0.1) is 0 Å². The van der Waals surface area contributed by atoms with Gasteiger partial charge in [0.15, 0.2) is 0 Å². The molecule has 1 fully saturated rings. The zero-order valence-electron chi connectivity index (χ0n) is 10.3. The Bertz CT molecular complexity index is 386. The molecule has 5 nitrogen and oxygen atoms in total. The first-order valence-electron chi connectivity index (χ1n) is 6.27. The van der Waals surface area contributed by atoms with Crippen LogP contribution in [-0.4, -0.2) is 24.6 Å². The summed E-state index contributed by atoms with van der Waals surface area (Å²) in [7, 11) is 0. The Hall–Kier alpha value is -1.46. The lowest BCUT2D eigenvalue weighted by Crippen LogP contribution is -2.29.